The van der Waals surface area contributed by atoms with Crippen molar-refractivity contribution in [2.24, 2.45) is 0 Å². The number of nitrogens with zero attached hydrogens (tertiary/aromatic N) is 1. The summed E-state index contributed by atoms with van der Waals surface area (Å²) >= 11 is 3.64. The maximum Gasteiger partial charge on any atom is 0.123 e. The van der Waals surface area contributed by atoms with Gasteiger partial charge in [0.25, 0.3) is 0 Å². The fraction of sp³-hybridized carbons (Fsp3) is 0.267. The Hall–Kier alpha value is -1.22. The highest BCUT2D eigenvalue weighted by atomic mass is 79.9. The van der Waals surface area contributed by atoms with Crippen LogP contribution in [0.3, 0.4) is 0 Å². The fourth-order valence-electron chi connectivity index (χ4n) is 1.96. The summed E-state index contributed by atoms with van der Waals surface area (Å²) in [6.07, 6.45) is 2.55. The van der Waals surface area contributed by atoms with Gasteiger partial charge in [0, 0.05) is 23.1 Å². The van der Waals surface area contributed by atoms with Crippen LogP contribution in [0.1, 0.15) is 27.2 Å². The van der Waals surface area contributed by atoms with Gasteiger partial charge in [0.05, 0.1) is 0 Å². The summed E-state index contributed by atoms with van der Waals surface area (Å²) in [6, 6.07) is 8.86. The first-order valence-corrected chi connectivity index (χ1v) is 6.80. The summed E-state index contributed by atoms with van der Waals surface area (Å²) in [4.78, 5) is 4.46. The second-order valence-electron chi connectivity index (χ2n) is 4.44. The topological polar surface area (TPSA) is 12.9 Å². The average molecular weight is 308 g/mol. The van der Waals surface area contributed by atoms with Gasteiger partial charge in [-0.15, -0.1) is 0 Å². The third kappa shape index (κ3) is 2.96. The summed E-state index contributed by atoms with van der Waals surface area (Å²) in [5.41, 5.74) is 4.28. The quantitative estimate of drug-likeness (QED) is 0.760. The van der Waals surface area contributed by atoms with Gasteiger partial charge < -0.3 is 0 Å². The molecule has 1 unspecified atom stereocenters. The van der Waals surface area contributed by atoms with Gasteiger partial charge in [0.1, 0.15) is 5.82 Å². The Bertz CT molecular complexity index is 554. The molecule has 3 heteroatoms. The molecule has 1 atom stereocenters. The Morgan fingerprint density at radius 3 is 2.72 bits per heavy atom. The van der Waals surface area contributed by atoms with E-state index in [2.05, 4.69) is 20.9 Å². The minimum Gasteiger partial charge on any atom is -0.261 e. The third-order valence-corrected chi connectivity index (χ3v) is 3.89. The van der Waals surface area contributed by atoms with Crippen LogP contribution in [0.15, 0.2) is 36.5 Å². The van der Waals surface area contributed by atoms with E-state index in [9.17, 15) is 4.39 Å². The first-order chi connectivity index (χ1) is 8.58. The molecular weight excluding hydrogens is 293 g/mol. The second kappa shape index (κ2) is 5.61. The van der Waals surface area contributed by atoms with Gasteiger partial charge in [-0.25, -0.2) is 4.39 Å². The normalized spacial score (nSPS) is 12.4. The molecule has 1 aromatic heterocycles. The van der Waals surface area contributed by atoms with Crippen LogP contribution >= 0.6 is 15.9 Å². The van der Waals surface area contributed by atoms with Crippen molar-refractivity contribution in [1.29, 1.82) is 0 Å². The van der Waals surface area contributed by atoms with Crippen molar-refractivity contribution in [3.05, 3.63) is 64.7 Å². The predicted molar refractivity (Wildman–Crippen MR) is 75.5 cm³/mol. The molecule has 0 saturated heterocycles. The number of pyridine rings is 1. The van der Waals surface area contributed by atoms with Crippen LogP contribution in [-0.4, -0.2) is 4.98 Å². The summed E-state index contributed by atoms with van der Waals surface area (Å²) in [6.45, 7) is 4.04. The van der Waals surface area contributed by atoms with Gasteiger partial charge in [-0.05, 0) is 48.7 Å². The SMILES string of the molecule is Cc1ccc(F)cc1C(Br)Cc1ncccc1C. The van der Waals surface area contributed by atoms with Crippen LogP contribution in [0, 0.1) is 19.7 Å². The van der Waals surface area contributed by atoms with Gasteiger partial charge in [-0.3, -0.25) is 4.98 Å². The molecule has 0 N–H and O–H groups in total. The maximum atomic E-state index is 13.3. The molecule has 0 spiro atoms. The zero-order valence-electron chi connectivity index (χ0n) is 10.5. The van der Waals surface area contributed by atoms with Crippen LogP contribution in [0.2, 0.25) is 0 Å². The van der Waals surface area contributed by atoms with Crippen molar-refractivity contribution in [3.8, 4) is 0 Å². The van der Waals surface area contributed by atoms with E-state index in [-0.39, 0.29) is 10.6 Å². The minimum absolute atomic E-state index is 0.0850. The molecule has 0 aliphatic carbocycles. The number of hydrogen-bond donors (Lipinski definition) is 0. The third-order valence-electron chi connectivity index (χ3n) is 3.07. The Balaban J connectivity index is 2.25. The zero-order valence-corrected chi connectivity index (χ0v) is 12.0. The summed E-state index contributed by atoms with van der Waals surface area (Å²) < 4.78 is 13.3. The van der Waals surface area contributed by atoms with E-state index in [1.807, 2.05) is 32.0 Å². The van der Waals surface area contributed by atoms with Crippen molar-refractivity contribution in [1.82, 2.24) is 4.98 Å². The Labute approximate surface area is 115 Å². The first-order valence-electron chi connectivity index (χ1n) is 5.88. The highest BCUT2D eigenvalue weighted by molar-refractivity contribution is 9.09. The molecule has 94 valence electrons. The van der Waals surface area contributed by atoms with Crippen molar-refractivity contribution in [2.45, 2.75) is 25.1 Å². The lowest BCUT2D eigenvalue weighted by Gasteiger charge is -2.14. The first kappa shape index (κ1) is 13.2. The summed E-state index contributed by atoms with van der Waals surface area (Å²) in [5, 5.41) is 0. The van der Waals surface area contributed by atoms with E-state index in [0.29, 0.717) is 0 Å². The van der Waals surface area contributed by atoms with Gasteiger partial charge in [-0.2, -0.15) is 0 Å². The van der Waals surface area contributed by atoms with E-state index in [1.54, 1.807) is 12.3 Å². The number of aromatic nitrogens is 1. The van der Waals surface area contributed by atoms with Crippen molar-refractivity contribution in [3.63, 3.8) is 0 Å². The highest BCUT2D eigenvalue weighted by Gasteiger charge is 2.13. The standard InChI is InChI=1S/C15H15BrFN/c1-10-5-6-12(17)8-13(10)14(16)9-15-11(2)4-3-7-18-15/h3-8,14H,9H2,1-2H3. The predicted octanol–water partition coefficient (Wildman–Crippen LogP) is 4.52. The Morgan fingerprint density at radius 1 is 1.22 bits per heavy atom. The van der Waals surface area contributed by atoms with Gasteiger partial charge in [0.15, 0.2) is 0 Å². The lowest BCUT2D eigenvalue weighted by atomic mass is 10.0. The van der Waals surface area contributed by atoms with Crippen LogP contribution in [-0.2, 0) is 6.42 Å². The van der Waals surface area contributed by atoms with E-state index in [4.69, 9.17) is 0 Å². The monoisotopic (exact) mass is 307 g/mol. The average Bonchev–Trinajstić information content (AvgIpc) is 2.35. The zero-order chi connectivity index (χ0) is 13.1. The molecule has 1 aromatic carbocycles. The van der Waals surface area contributed by atoms with E-state index in [1.165, 1.54) is 6.07 Å². The number of benzene rings is 1. The molecule has 0 aliphatic rings. The molecule has 18 heavy (non-hydrogen) atoms. The van der Waals surface area contributed by atoms with Crippen molar-refractivity contribution < 1.29 is 4.39 Å². The van der Waals surface area contributed by atoms with Crippen molar-refractivity contribution in [2.75, 3.05) is 0 Å². The van der Waals surface area contributed by atoms with Crippen LogP contribution < -0.4 is 0 Å². The van der Waals surface area contributed by atoms with Crippen LogP contribution in [0.4, 0.5) is 4.39 Å². The number of halogens is 2. The Morgan fingerprint density at radius 2 is 2.00 bits per heavy atom. The smallest absolute Gasteiger partial charge is 0.123 e. The van der Waals surface area contributed by atoms with Crippen molar-refractivity contribution >= 4 is 15.9 Å². The van der Waals surface area contributed by atoms with E-state index < -0.39 is 0 Å². The molecule has 0 aliphatic heterocycles. The number of alkyl halides is 1. The lowest BCUT2D eigenvalue weighted by Crippen LogP contribution is -2.02. The number of aryl methyl sites for hydroxylation is 2. The minimum atomic E-state index is -0.196. The molecule has 2 aromatic rings. The van der Waals surface area contributed by atoms with Gasteiger partial charge >= 0.3 is 0 Å². The summed E-state index contributed by atoms with van der Waals surface area (Å²) in [5.74, 6) is -0.196. The highest BCUT2D eigenvalue weighted by Crippen LogP contribution is 2.30. The molecule has 0 saturated carbocycles. The largest absolute Gasteiger partial charge is 0.261 e. The second-order valence-corrected chi connectivity index (χ2v) is 5.54. The number of hydrogen-bond acceptors (Lipinski definition) is 1. The van der Waals surface area contributed by atoms with E-state index >= 15 is 0 Å². The fourth-order valence-corrected chi connectivity index (χ4v) is 2.76. The molecule has 0 amide bonds. The molecule has 0 bridgehead atoms. The molecular formula is C15H15BrFN. The van der Waals surface area contributed by atoms with Gasteiger partial charge in [0.2, 0.25) is 0 Å². The van der Waals surface area contributed by atoms with Crippen LogP contribution in [0.25, 0.3) is 0 Å². The molecule has 0 fully saturated rings. The maximum absolute atomic E-state index is 13.3. The Kier molecular flexibility index (Phi) is 4.12. The molecule has 1 nitrogen and oxygen atoms in total. The molecule has 0 radical (unpaired) electrons. The molecule has 2 rings (SSSR count). The number of rotatable bonds is 3. The summed E-state index contributed by atoms with van der Waals surface area (Å²) in [7, 11) is 0. The van der Waals surface area contributed by atoms with E-state index in [0.717, 1.165) is 28.8 Å². The van der Waals surface area contributed by atoms with Gasteiger partial charge in [-0.1, -0.05) is 28.1 Å². The molecule has 1 heterocycles. The van der Waals surface area contributed by atoms with Crippen LogP contribution in [0.5, 0.6) is 0 Å². The lowest BCUT2D eigenvalue weighted by molar-refractivity contribution is 0.624.